The fourth-order valence-corrected chi connectivity index (χ4v) is 2.81. The lowest BCUT2D eigenvalue weighted by Crippen LogP contribution is -2.02. The standard InChI is InChI=1S/C12H12N2O4S/c15-13-9-1-5-11(6-2-9)19(17,18)12-7-3-10(14-16)4-8-12/h1-8,13-16H. The van der Waals surface area contributed by atoms with Gasteiger partial charge in [0.15, 0.2) is 0 Å². The average Bonchev–Trinajstić information content (AvgIpc) is 2.47. The van der Waals surface area contributed by atoms with Gasteiger partial charge >= 0.3 is 0 Å². The van der Waals surface area contributed by atoms with Crippen molar-refractivity contribution in [3.05, 3.63) is 48.5 Å². The maximum Gasteiger partial charge on any atom is 0.206 e. The Kier molecular flexibility index (Phi) is 3.70. The normalized spacial score (nSPS) is 11.1. The van der Waals surface area contributed by atoms with E-state index < -0.39 is 9.84 Å². The number of rotatable bonds is 4. The van der Waals surface area contributed by atoms with E-state index in [4.69, 9.17) is 10.4 Å². The van der Waals surface area contributed by atoms with Crippen LogP contribution in [0.4, 0.5) is 11.4 Å². The van der Waals surface area contributed by atoms with Crippen LogP contribution in [-0.2, 0) is 9.84 Å². The fraction of sp³-hybridized carbons (Fsp3) is 0. The first-order valence-electron chi connectivity index (χ1n) is 5.33. The highest BCUT2D eigenvalue weighted by atomic mass is 32.2. The quantitative estimate of drug-likeness (QED) is 0.640. The molecule has 2 aromatic rings. The van der Waals surface area contributed by atoms with Gasteiger partial charge in [0.2, 0.25) is 9.84 Å². The van der Waals surface area contributed by atoms with Gasteiger partial charge in [0.1, 0.15) is 0 Å². The van der Waals surface area contributed by atoms with Crippen LogP contribution in [0.25, 0.3) is 0 Å². The van der Waals surface area contributed by atoms with E-state index in [2.05, 4.69) is 0 Å². The summed E-state index contributed by atoms with van der Waals surface area (Å²) in [6, 6.07) is 11.4. The van der Waals surface area contributed by atoms with Gasteiger partial charge in [-0.15, -0.1) is 0 Å². The van der Waals surface area contributed by atoms with Crippen molar-refractivity contribution in [2.24, 2.45) is 0 Å². The molecule has 0 aliphatic rings. The van der Waals surface area contributed by atoms with Gasteiger partial charge in [0, 0.05) is 0 Å². The van der Waals surface area contributed by atoms with Crippen molar-refractivity contribution < 1.29 is 18.8 Å². The number of hydrogen-bond donors (Lipinski definition) is 4. The number of sulfone groups is 1. The van der Waals surface area contributed by atoms with Crippen LogP contribution in [-0.4, -0.2) is 18.8 Å². The molecule has 2 aromatic carbocycles. The second-order valence-electron chi connectivity index (χ2n) is 3.78. The number of benzene rings is 2. The van der Waals surface area contributed by atoms with Crippen molar-refractivity contribution in [1.29, 1.82) is 0 Å². The lowest BCUT2D eigenvalue weighted by atomic mass is 10.3. The molecule has 7 heteroatoms. The van der Waals surface area contributed by atoms with Gasteiger partial charge in [-0.2, -0.15) is 0 Å². The summed E-state index contributed by atoms with van der Waals surface area (Å²) in [5.74, 6) is 0. The Labute approximate surface area is 110 Å². The third-order valence-electron chi connectivity index (χ3n) is 2.59. The monoisotopic (exact) mass is 280 g/mol. The first-order valence-corrected chi connectivity index (χ1v) is 6.81. The highest BCUT2D eigenvalue weighted by Gasteiger charge is 2.17. The van der Waals surface area contributed by atoms with Gasteiger partial charge in [-0.05, 0) is 48.5 Å². The zero-order valence-corrected chi connectivity index (χ0v) is 10.6. The highest BCUT2D eigenvalue weighted by Crippen LogP contribution is 2.23. The molecule has 0 aliphatic carbocycles. The Morgan fingerprint density at radius 1 is 0.684 bits per heavy atom. The fourth-order valence-electron chi connectivity index (χ4n) is 1.55. The van der Waals surface area contributed by atoms with Gasteiger partial charge in [0.05, 0.1) is 21.2 Å². The van der Waals surface area contributed by atoms with Crippen molar-refractivity contribution in [3.63, 3.8) is 0 Å². The van der Waals surface area contributed by atoms with E-state index in [0.29, 0.717) is 11.4 Å². The predicted molar refractivity (Wildman–Crippen MR) is 69.2 cm³/mol. The van der Waals surface area contributed by atoms with Gasteiger partial charge in [-0.1, -0.05) is 0 Å². The third kappa shape index (κ3) is 2.68. The van der Waals surface area contributed by atoms with E-state index in [1.165, 1.54) is 48.5 Å². The molecule has 0 aromatic heterocycles. The Bertz CT molecular complexity index is 598. The van der Waals surface area contributed by atoms with Crippen LogP contribution in [0.5, 0.6) is 0 Å². The van der Waals surface area contributed by atoms with Crippen molar-refractivity contribution >= 4 is 21.2 Å². The lowest BCUT2D eigenvalue weighted by Gasteiger charge is -2.06. The number of anilines is 2. The van der Waals surface area contributed by atoms with E-state index in [0.717, 1.165) is 0 Å². The largest absolute Gasteiger partial charge is 0.291 e. The first kappa shape index (κ1) is 13.3. The molecule has 0 radical (unpaired) electrons. The van der Waals surface area contributed by atoms with Gasteiger partial charge < -0.3 is 0 Å². The minimum atomic E-state index is -3.61. The van der Waals surface area contributed by atoms with Crippen LogP contribution >= 0.6 is 0 Å². The maximum absolute atomic E-state index is 12.3. The second-order valence-corrected chi connectivity index (χ2v) is 5.73. The van der Waals surface area contributed by atoms with Gasteiger partial charge in [-0.25, -0.2) is 8.42 Å². The van der Waals surface area contributed by atoms with Crippen LogP contribution in [0.2, 0.25) is 0 Å². The van der Waals surface area contributed by atoms with Gasteiger partial charge in [0.25, 0.3) is 0 Å². The Hall–Kier alpha value is -2.09. The minimum absolute atomic E-state index is 0.121. The zero-order valence-electron chi connectivity index (χ0n) is 9.74. The molecular weight excluding hydrogens is 268 g/mol. The molecule has 0 spiro atoms. The number of nitrogens with one attached hydrogen (secondary N) is 2. The van der Waals surface area contributed by atoms with Crippen molar-refractivity contribution in [3.8, 4) is 0 Å². The topological polar surface area (TPSA) is 98.7 Å². The SMILES string of the molecule is O=S(=O)(c1ccc(NO)cc1)c1ccc(NO)cc1. The summed E-state index contributed by atoms with van der Waals surface area (Å²) >= 11 is 0. The summed E-state index contributed by atoms with van der Waals surface area (Å²) in [5.41, 5.74) is 4.66. The second kappa shape index (κ2) is 5.27. The van der Waals surface area contributed by atoms with Crippen LogP contribution < -0.4 is 11.0 Å². The van der Waals surface area contributed by atoms with Gasteiger partial charge in [-0.3, -0.25) is 21.4 Å². The zero-order chi connectivity index (χ0) is 13.9. The molecule has 0 saturated heterocycles. The smallest absolute Gasteiger partial charge is 0.206 e. The summed E-state index contributed by atoms with van der Waals surface area (Å²) in [7, 11) is -3.61. The molecule has 0 saturated carbocycles. The first-order chi connectivity index (χ1) is 9.07. The molecule has 0 atom stereocenters. The average molecular weight is 280 g/mol. The third-order valence-corrected chi connectivity index (χ3v) is 4.37. The Morgan fingerprint density at radius 3 is 1.26 bits per heavy atom. The summed E-state index contributed by atoms with van der Waals surface area (Å²) in [4.78, 5) is 0.243. The van der Waals surface area contributed by atoms with E-state index in [1.54, 1.807) is 0 Å². The summed E-state index contributed by atoms with van der Waals surface area (Å²) < 4.78 is 24.5. The molecule has 6 nitrogen and oxygen atoms in total. The Balaban J connectivity index is 2.39. The molecule has 0 aliphatic heterocycles. The van der Waals surface area contributed by atoms with E-state index >= 15 is 0 Å². The van der Waals surface area contributed by atoms with Crippen LogP contribution in [0.1, 0.15) is 0 Å². The molecule has 0 amide bonds. The summed E-state index contributed by atoms with van der Waals surface area (Å²) in [5, 5.41) is 17.4. The van der Waals surface area contributed by atoms with Crippen molar-refractivity contribution in [1.82, 2.24) is 0 Å². The Morgan fingerprint density at radius 2 is 1.00 bits per heavy atom. The molecule has 0 fully saturated rings. The van der Waals surface area contributed by atoms with Crippen LogP contribution in [0, 0.1) is 0 Å². The van der Waals surface area contributed by atoms with E-state index in [9.17, 15) is 8.42 Å². The minimum Gasteiger partial charge on any atom is -0.291 e. The van der Waals surface area contributed by atoms with Crippen LogP contribution in [0.3, 0.4) is 0 Å². The number of hydrogen-bond acceptors (Lipinski definition) is 6. The molecule has 4 N–H and O–H groups in total. The molecule has 100 valence electrons. The van der Waals surface area contributed by atoms with Crippen LogP contribution in [0.15, 0.2) is 58.3 Å². The van der Waals surface area contributed by atoms with Crippen molar-refractivity contribution in [2.45, 2.75) is 9.79 Å². The molecule has 0 unspecified atom stereocenters. The molecular formula is C12H12N2O4S. The molecule has 0 bridgehead atoms. The summed E-state index contributed by atoms with van der Waals surface area (Å²) in [6.07, 6.45) is 0. The molecule has 0 heterocycles. The molecule has 2 rings (SSSR count). The molecule has 19 heavy (non-hydrogen) atoms. The van der Waals surface area contributed by atoms with E-state index in [-0.39, 0.29) is 9.79 Å². The maximum atomic E-state index is 12.3. The van der Waals surface area contributed by atoms with Crippen molar-refractivity contribution in [2.75, 3.05) is 11.0 Å². The summed E-state index contributed by atoms with van der Waals surface area (Å²) in [6.45, 7) is 0. The van der Waals surface area contributed by atoms with E-state index in [1.807, 2.05) is 11.0 Å². The lowest BCUT2D eigenvalue weighted by molar-refractivity contribution is 0.388. The highest BCUT2D eigenvalue weighted by molar-refractivity contribution is 7.91. The predicted octanol–water partition coefficient (Wildman–Crippen LogP) is 2.12.